The summed E-state index contributed by atoms with van der Waals surface area (Å²) in [6, 6.07) is 3.06. The van der Waals surface area contributed by atoms with E-state index in [1.807, 2.05) is 0 Å². The second-order valence-electron chi connectivity index (χ2n) is 5.16. The Kier molecular flexibility index (Phi) is 3.56. The van der Waals surface area contributed by atoms with Crippen LogP contribution in [0.1, 0.15) is 12.8 Å². The first-order valence-corrected chi connectivity index (χ1v) is 6.82. The van der Waals surface area contributed by atoms with Crippen molar-refractivity contribution in [3.8, 4) is 0 Å². The Morgan fingerprint density at radius 3 is 2.78 bits per heavy atom. The van der Waals surface area contributed by atoms with Gasteiger partial charge in [-0.2, -0.15) is 0 Å². The number of carbonyl (C=O) groups is 2. The van der Waals surface area contributed by atoms with Crippen LogP contribution in [0.3, 0.4) is 0 Å². The van der Waals surface area contributed by atoms with Gasteiger partial charge in [-0.25, -0.2) is 9.59 Å². The molecule has 2 aromatic rings. The maximum atomic E-state index is 11.8. The number of fused-ring (bicyclic) bond motifs is 1. The van der Waals surface area contributed by atoms with Gasteiger partial charge in [-0.3, -0.25) is 24.8 Å². The van der Waals surface area contributed by atoms with Crippen LogP contribution in [0.2, 0.25) is 0 Å². The van der Waals surface area contributed by atoms with Gasteiger partial charge in [0, 0.05) is 18.2 Å². The number of hydrogen-bond donors (Lipinski definition) is 2. The molecule has 10 heteroatoms. The average Bonchev–Trinajstić information content (AvgIpc) is 3.23. The number of non-ortho nitro benzene ring substituents is 1. The van der Waals surface area contributed by atoms with Crippen molar-refractivity contribution in [2.45, 2.75) is 25.4 Å². The minimum absolute atomic E-state index is 0.0860. The number of benzene rings is 1. The fourth-order valence-corrected chi connectivity index (χ4v) is 2.07. The molecule has 1 aromatic heterocycles. The summed E-state index contributed by atoms with van der Waals surface area (Å²) in [4.78, 5) is 45.3. The minimum atomic E-state index is -0.835. The number of aromatic nitrogens is 1. The molecule has 1 fully saturated rings. The number of nitro groups is 1. The third-order valence-electron chi connectivity index (χ3n) is 3.33. The zero-order valence-electron chi connectivity index (χ0n) is 11.8. The number of nitrogens with zero attached hydrogens (tertiary/aromatic N) is 2. The van der Waals surface area contributed by atoms with Gasteiger partial charge in [0.25, 0.3) is 5.69 Å². The number of amides is 3. The molecular weight excluding hydrogens is 308 g/mol. The third kappa shape index (κ3) is 3.20. The van der Waals surface area contributed by atoms with Crippen LogP contribution < -0.4 is 16.4 Å². The van der Waals surface area contributed by atoms with E-state index in [0.29, 0.717) is 0 Å². The number of oxazole rings is 1. The predicted octanol–water partition coefficient (Wildman–Crippen LogP) is 0.491. The second kappa shape index (κ2) is 5.55. The molecule has 1 aromatic carbocycles. The zero-order valence-corrected chi connectivity index (χ0v) is 11.8. The maximum absolute atomic E-state index is 11.8. The minimum Gasteiger partial charge on any atom is -0.408 e. The number of urea groups is 1. The first-order valence-electron chi connectivity index (χ1n) is 6.82. The molecule has 0 spiro atoms. The summed E-state index contributed by atoms with van der Waals surface area (Å²) >= 11 is 0. The van der Waals surface area contributed by atoms with Crippen molar-refractivity contribution in [3.05, 3.63) is 38.9 Å². The molecule has 0 atom stereocenters. The lowest BCUT2D eigenvalue weighted by Crippen LogP contribution is -2.42. The molecule has 1 saturated carbocycles. The van der Waals surface area contributed by atoms with E-state index in [0.717, 1.165) is 23.5 Å². The molecule has 1 aliphatic carbocycles. The highest BCUT2D eigenvalue weighted by Crippen LogP contribution is 2.20. The van der Waals surface area contributed by atoms with Gasteiger partial charge in [-0.15, -0.1) is 0 Å². The lowest BCUT2D eigenvalue weighted by molar-refractivity contribution is -0.384. The summed E-state index contributed by atoms with van der Waals surface area (Å²) in [7, 11) is 0. The van der Waals surface area contributed by atoms with Gasteiger partial charge in [-0.05, 0) is 18.9 Å². The molecule has 1 heterocycles. The van der Waals surface area contributed by atoms with Gasteiger partial charge in [-0.1, -0.05) is 0 Å². The van der Waals surface area contributed by atoms with Crippen LogP contribution >= 0.6 is 0 Å². The molecule has 23 heavy (non-hydrogen) atoms. The summed E-state index contributed by atoms with van der Waals surface area (Å²) in [6.07, 6.45) is 1.74. The van der Waals surface area contributed by atoms with Crippen LogP contribution in [0.25, 0.3) is 11.1 Å². The van der Waals surface area contributed by atoms with Crippen LogP contribution in [0.15, 0.2) is 27.4 Å². The highest BCUT2D eigenvalue weighted by molar-refractivity contribution is 5.94. The molecular formula is C13H12N4O6. The predicted molar refractivity (Wildman–Crippen MR) is 76.8 cm³/mol. The Morgan fingerprint density at radius 1 is 1.39 bits per heavy atom. The largest absolute Gasteiger partial charge is 0.420 e. The second-order valence-corrected chi connectivity index (χ2v) is 5.16. The van der Waals surface area contributed by atoms with Crippen molar-refractivity contribution in [2.24, 2.45) is 0 Å². The summed E-state index contributed by atoms with van der Waals surface area (Å²) in [5.41, 5.74) is -0.00304. The van der Waals surface area contributed by atoms with Gasteiger partial charge in [0.15, 0.2) is 5.58 Å². The van der Waals surface area contributed by atoms with Crippen molar-refractivity contribution in [3.63, 3.8) is 0 Å². The smallest absolute Gasteiger partial charge is 0.408 e. The molecule has 1 aliphatic rings. The zero-order chi connectivity index (χ0) is 16.6. The summed E-state index contributed by atoms with van der Waals surface area (Å²) in [5, 5.41) is 15.5. The van der Waals surface area contributed by atoms with Crippen LogP contribution in [0.5, 0.6) is 0 Å². The first kappa shape index (κ1) is 14.8. The van der Waals surface area contributed by atoms with E-state index in [1.165, 1.54) is 12.1 Å². The molecule has 2 N–H and O–H groups in total. The molecule has 0 bridgehead atoms. The number of hydrogen-bond acceptors (Lipinski definition) is 6. The van der Waals surface area contributed by atoms with Crippen LogP contribution in [0.4, 0.5) is 10.5 Å². The third-order valence-corrected chi connectivity index (χ3v) is 3.33. The average molecular weight is 320 g/mol. The normalized spacial score (nSPS) is 13.7. The molecule has 120 valence electrons. The molecule has 0 saturated heterocycles. The monoisotopic (exact) mass is 320 g/mol. The Balaban J connectivity index is 1.80. The van der Waals surface area contributed by atoms with E-state index in [9.17, 15) is 24.5 Å². The number of rotatable bonds is 4. The maximum Gasteiger partial charge on any atom is 0.420 e. The number of nitrogens with one attached hydrogen (secondary N) is 2. The Hall–Kier alpha value is -3.17. The van der Waals surface area contributed by atoms with Gasteiger partial charge in [0.05, 0.1) is 10.4 Å². The van der Waals surface area contributed by atoms with E-state index in [-0.39, 0.29) is 22.8 Å². The molecule has 10 nitrogen and oxygen atoms in total. The lowest BCUT2D eigenvalue weighted by atomic mass is 10.3. The number of carbonyl (C=O) groups excluding carboxylic acids is 2. The van der Waals surface area contributed by atoms with Gasteiger partial charge >= 0.3 is 11.8 Å². The van der Waals surface area contributed by atoms with Crippen LogP contribution in [0, 0.1) is 10.1 Å². The van der Waals surface area contributed by atoms with E-state index in [2.05, 4.69) is 10.6 Å². The van der Waals surface area contributed by atoms with Gasteiger partial charge in [0.1, 0.15) is 6.54 Å². The van der Waals surface area contributed by atoms with Crippen molar-refractivity contribution in [1.82, 2.24) is 15.2 Å². The Labute approximate surface area is 128 Å². The van der Waals surface area contributed by atoms with E-state index >= 15 is 0 Å². The topological polar surface area (TPSA) is 136 Å². The Morgan fingerprint density at radius 2 is 2.13 bits per heavy atom. The van der Waals surface area contributed by atoms with Crippen LogP contribution in [-0.4, -0.2) is 27.5 Å². The quantitative estimate of drug-likeness (QED) is 0.621. The summed E-state index contributed by atoms with van der Waals surface area (Å²) < 4.78 is 5.85. The SMILES string of the molecule is O=C(Cn1c(=O)oc2ccc([N+](=O)[O-])cc21)NC(=O)NC1CC1. The van der Waals surface area contributed by atoms with Crippen LogP contribution in [-0.2, 0) is 11.3 Å². The molecule has 0 aliphatic heterocycles. The number of nitro benzene ring substituents is 1. The number of imide groups is 1. The van der Waals surface area contributed by atoms with Crippen molar-refractivity contribution in [1.29, 1.82) is 0 Å². The molecule has 3 amide bonds. The molecule has 0 unspecified atom stereocenters. The van der Waals surface area contributed by atoms with Crippen molar-refractivity contribution < 1.29 is 18.9 Å². The lowest BCUT2D eigenvalue weighted by Gasteiger charge is -2.05. The van der Waals surface area contributed by atoms with E-state index < -0.39 is 29.2 Å². The summed E-state index contributed by atoms with van der Waals surface area (Å²) in [5.74, 6) is -1.56. The fourth-order valence-electron chi connectivity index (χ4n) is 2.07. The summed E-state index contributed by atoms with van der Waals surface area (Å²) in [6.45, 7) is -0.481. The van der Waals surface area contributed by atoms with Crippen molar-refractivity contribution >= 4 is 28.7 Å². The highest BCUT2D eigenvalue weighted by Gasteiger charge is 2.24. The first-order chi connectivity index (χ1) is 10.9. The molecule has 3 rings (SSSR count). The van der Waals surface area contributed by atoms with Gasteiger partial charge in [0.2, 0.25) is 5.91 Å². The highest BCUT2D eigenvalue weighted by atomic mass is 16.6. The Bertz CT molecular complexity index is 863. The van der Waals surface area contributed by atoms with E-state index in [4.69, 9.17) is 4.42 Å². The van der Waals surface area contributed by atoms with E-state index in [1.54, 1.807) is 0 Å². The standard InChI is InChI=1S/C13H12N4O6/c18-11(15-12(19)14-7-1-2-7)6-16-9-5-8(17(21)22)3-4-10(9)23-13(16)20/h3-5,7H,1-2,6H2,(H2,14,15,18,19). The van der Waals surface area contributed by atoms with Gasteiger partial charge < -0.3 is 9.73 Å². The molecule has 0 radical (unpaired) electrons. The fraction of sp³-hybridized carbons (Fsp3) is 0.308. The van der Waals surface area contributed by atoms with Crippen molar-refractivity contribution in [2.75, 3.05) is 0 Å².